The van der Waals surface area contributed by atoms with E-state index in [-0.39, 0.29) is 24.7 Å². The first-order valence-corrected chi connectivity index (χ1v) is 12.1. The fourth-order valence-electron chi connectivity index (χ4n) is 1.57. The number of carbonyl (C=O) groups excluding carboxylic acids is 2. The van der Waals surface area contributed by atoms with Crippen LogP contribution in [0.15, 0.2) is 18.2 Å². The zero-order valence-corrected chi connectivity index (χ0v) is 15.8. The summed E-state index contributed by atoms with van der Waals surface area (Å²) in [5.41, 5.74) is 0.703. The molecule has 1 rings (SSSR count). The van der Waals surface area contributed by atoms with Crippen LogP contribution in [0.4, 0.5) is 0 Å². The van der Waals surface area contributed by atoms with Gasteiger partial charge in [-0.15, -0.1) is 0 Å². The molecule has 0 aromatic heterocycles. The molecule has 1 aromatic carbocycles. The van der Waals surface area contributed by atoms with Crippen molar-refractivity contribution in [2.45, 2.75) is 39.7 Å². The molecule has 0 atom stereocenters. The summed E-state index contributed by atoms with van der Waals surface area (Å²) in [5.74, 6) is 0.507. The summed E-state index contributed by atoms with van der Waals surface area (Å²) in [6.45, 7) is 5.26. The van der Waals surface area contributed by atoms with Crippen LogP contribution in [-0.4, -0.2) is 22.5 Å². The molecule has 0 N–H and O–H groups in total. The van der Waals surface area contributed by atoms with E-state index in [1.54, 1.807) is 22.8 Å². The summed E-state index contributed by atoms with van der Waals surface area (Å²) in [6.07, 6.45) is 0.231. The zero-order chi connectivity index (χ0) is 16.7. The van der Waals surface area contributed by atoms with Crippen molar-refractivity contribution in [2.75, 3.05) is 0 Å². The molecule has 0 spiro atoms. The zero-order valence-electron chi connectivity index (χ0n) is 12.5. The van der Waals surface area contributed by atoms with Crippen molar-refractivity contribution in [3.8, 4) is 11.5 Å². The topological polar surface area (TPSA) is 52.6 Å². The quantitative estimate of drug-likeness (QED) is 0.372. The Labute approximate surface area is 143 Å². The fourth-order valence-corrected chi connectivity index (χ4v) is 3.36. The van der Waals surface area contributed by atoms with Gasteiger partial charge in [0.25, 0.3) is 0 Å². The van der Waals surface area contributed by atoms with Gasteiger partial charge < -0.3 is 0 Å². The molecular formula is C15H18Cl2O4Ru. The number of halogens is 2. The van der Waals surface area contributed by atoms with Crippen LogP contribution < -0.4 is 9.47 Å². The van der Waals surface area contributed by atoms with Crippen LogP contribution >= 0.6 is 19.4 Å². The minimum absolute atomic E-state index is 0.00224. The van der Waals surface area contributed by atoms with Crippen LogP contribution in [0, 0.1) is 0 Å². The first-order chi connectivity index (χ1) is 10.3. The third-order valence-corrected chi connectivity index (χ3v) is 4.28. The molecule has 0 unspecified atom stereocenters. The van der Waals surface area contributed by atoms with Crippen molar-refractivity contribution < 1.29 is 32.6 Å². The van der Waals surface area contributed by atoms with Crippen LogP contribution in [-0.2, 0) is 23.1 Å². The molecule has 0 radical (unpaired) electrons. The number of carbonyl (C=O) groups is 2. The van der Waals surface area contributed by atoms with E-state index in [9.17, 15) is 9.59 Å². The Hall–Kier alpha value is -0.767. The summed E-state index contributed by atoms with van der Waals surface area (Å²) >= 11 is -2.04. The SMILES string of the molecule is CC(=O)CCC(=O)Oc1ccc(OC(C)C)c([CH]=[Ru]([Cl])[Cl])c1. The Morgan fingerprint density at radius 2 is 1.95 bits per heavy atom. The Balaban J connectivity index is 2.91. The van der Waals surface area contributed by atoms with Crippen LogP contribution in [0.2, 0.25) is 0 Å². The van der Waals surface area contributed by atoms with Gasteiger partial charge in [0.1, 0.15) is 0 Å². The van der Waals surface area contributed by atoms with Crippen LogP contribution in [0.3, 0.4) is 0 Å². The second-order valence-corrected chi connectivity index (χ2v) is 10.6. The normalized spacial score (nSPS) is 11.1. The van der Waals surface area contributed by atoms with E-state index in [2.05, 4.69) is 0 Å². The molecule has 0 bridgehead atoms. The van der Waals surface area contributed by atoms with E-state index >= 15 is 0 Å². The van der Waals surface area contributed by atoms with Gasteiger partial charge in [-0.1, -0.05) is 0 Å². The number of Topliss-reactive ketones (excluding diaryl/α,β-unsaturated/α-hetero) is 1. The molecule has 0 fully saturated rings. The van der Waals surface area contributed by atoms with Crippen molar-refractivity contribution in [1.82, 2.24) is 0 Å². The molecule has 22 heavy (non-hydrogen) atoms. The number of ether oxygens (including phenoxy) is 2. The van der Waals surface area contributed by atoms with Crippen molar-refractivity contribution >= 4 is 35.7 Å². The third-order valence-electron chi connectivity index (χ3n) is 2.44. The summed E-state index contributed by atoms with van der Waals surface area (Å²) < 4.78 is 12.6. The van der Waals surface area contributed by atoms with Crippen LogP contribution in [0.5, 0.6) is 11.5 Å². The summed E-state index contributed by atoms with van der Waals surface area (Å²) in [4.78, 5) is 22.5. The Bertz CT molecular complexity index is 581. The van der Waals surface area contributed by atoms with E-state index in [1.807, 2.05) is 13.8 Å². The van der Waals surface area contributed by atoms with Gasteiger partial charge in [0.05, 0.1) is 0 Å². The number of rotatable bonds is 7. The first kappa shape index (κ1) is 19.3. The first-order valence-electron chi connectivity index (χ1n) is 6.62. The van der Waals surface area contributed by atoms with Crippen LogP contribution in [0.25, 0.3) is 0 Å². The van der Waals surface area contributed by atoms with Crippen molar-refractivity contribution in [3.05, 3.63) is 23.8 Å². The van der Waals surface area contributed by atoms with Gasteiger partial charge in [-0.25, -0.2) is 0 Å². The molecular weight excluding hydrogens is 416 g/mol. The van der Waals surface area contributed by atoms with Crippen molar-refractivity contribution in [1.29, 1.82) is 0 Å². The number of esters is 1. The van der Waals surface area contributed by atoms with Crippen molar-refractivity contribution in [2.24, 2.45) is 0 Å². The average molecular weight is 434 g/mol. The molecule has 4 nitrogen and oxygen atoms in total. The molecule has 0 aliphatic carbocycles. The van der Waals surface area contributed by atoms with E-state index in [0.717, 1.165) is 0 Å². The fraction of sp³-hybridized carbons (Fsp3) is 0.400. The monoisotopic (exact) mass is 434 g/mol. The molecule has 0 amide bonds. The van der Waals surface area contributed by atoms with E-state index in [4.69, 9.17) is 28.9 Å². The summed E-state index contributed by atoms with van der Waals surface area (Å²) in [5, 5.41) is 0. The maximum atomic E-state index is 11.7. The van der Waals surface area contributed by atoms with Gasteiger partial charge in [0, 0.05) is 0 Å². The molecule has 0 saturated carbocycles. The van der Waals surface area contributed by atoms with Gasteiger partial charge in [0.15, 0.2) is 0 Å². The van der Waals surface area contributed by atoms with Gasteiger partial charge in [-0.2, -0.15) is 0 Å². The predicted molar refractivity (Wildman–Crippen MR) is 84.6 cm³/mol. The number of benzene rings is 1. The molecule has 0 aliphatic rings. The van der Waals surface area contributed by atoms with E-state index < -0.39 is 19.5 Å². The second kappa shape index (κ2) is 9.39. The van der Waals surface area contributed by atoms with E-state index in [1.165, 1.54) is 6.92 Å². The average Bonchev–Trinajstić information content (AvgIpc) is 2.38. The Morgan fingerprint density at radius 1 is 1.27 bits per heavy atom. The molecule has 124 valence electrons. The van der Waals surface area contributed by atoms with Crippen molar-refractivity contribution in [3.63, 3.8) is 0 Å². The molecule has 0 saturated heterocycles. The molecule has 1 aromatic rings. The summed E-state index contributed by atoms with van der Waals surface area (Å²) in [7, 11) is 11.8. The number of hydrogen-bond acceptors (Lipinski definition) is 4. The van der Waals surface area contributed by atoms with E-state index in [0.29, 0.717) is 17.1 Å². The van der Waals surface area contributed by atoms with Crippen LogP contribution in [0.1, 0.15) is 39.2 Å². The minimum atomic E-state index is -2.04. The maximum absolute atomic E-state index is 11.7. The third kappa shape index (κ3) is 7.48. The molecule has 0 aliphatic heterocycles. The standard InChI is InChI=1S/C15H18O4.2ClH.Ru/c1-10(2)18-14-7-6-13(9-11(14)3)19-15(17)8-5-12(4)16;;;/h3,6-7,9-10H,5,8H2,1-2,4H3;2*1H;/q;;;+2/p-2. The molecule has 7 heteroatoms. The van der Waals surface area contributed by atoms with Gasteiger partial charge in [-0.05, 0) is 0 Å². The van der Waals surface area contributed by atoms with Gasteiger partial charge in [-0.3, -0.25) is 0 Å². The number of hydrogen-bond donors (Lipinski definition) is 0. The number of ketones is 1. The Kier molecular flexibility index (Phi) is 8.23. The second-order valence-electron chi connectivity index (χ2n) is 4.85. The Morgan fingerprint density at radius 3 is 2.50 bits per heavy atom. The van der Waals surface area contributed by atoms with Gasteiger partial charge in [0.2, 0.25) is 0 Å². The molecule has 0 heterocycles. The summed E-state index contributed by atoms with van der Waals surface area (Å²) in [6, 6.07) is 5.01. The predicted octanol–water partition coefficient (Wildman–Crippen LogP) is 3.82. The van der Waals surface area contributed by atoms with Gasteiger partial charge >= 0.3 is 143 Å².